The number of nitrogens with zero attached hydrogens (tertiary/aromatic N) is 2. The highest BCUT2D eigenvalue weighted by Gasteiger charge is 2.09. The molecule has 0 amide bonds. The minimum atomic E-state index is -0.0586. The summed E-state index contributed by atoms with van der Waals surface area (Å²) in [6, 6.07) is 14.6. The van der Waals surface area contributed by atoms with E-state index >= 15 is 0 Å². The first-order chi connectivity index (χ1) is 8.74. The lowest BCUT2D eigenvalue weighted by Crippen LogP contribution is -2.03. The highest BCUT2D eigenvalue weighted by molar-refractivity contribution is 7.14. The van der Waals surface area contributed by atoms with Crippen LogP contribution in [0.15, 0.2) is 42.5 Å². The van der Waals surface area contributed by atoms with Crippen LogP contribution in [0.5, 0.6) is 0 Å². The molecule has 0 saturated carbocycles. The van der Waals surface area contributed by atoms with Crippen molar-refractivity contribution in [1.82, 2.24) is 10.2 Å². The van der Waals surface area contributed by atoms with Crippen LogP contribution in [0.25, 0.3) is 21.3 Å². The summed E-state index contributed by atoms with van der Waals surface area (Å²) in [6.45, 7) is 1.92. The van der Waals surface area contributed by atoms with E-state index in [4.69, 9.17) is 5.73 Å². The molecule has 3 nitrogen and oxygen atoms in total. The van der Waals surface area contributed by atoms with Crippen molar-refractivity contribution >= 4 is 22.1 Å². The van der Waals surface area contributed by atoms with E-state index in [9.17, 15) is 0 Å². The van der Waals surface area contributed by atoms with Gasteiger partial charge in [0.25, 0.3) is 0 Å². The number of rotatable bonds is 2. The Labute approximate surface area is 109 Å². The van der Waals surface area contributed by atoms with Crippen LogP contribution < -0.4 is 5.73 Å². The molecule has 2 N–H and O–H groups in total. The van der Waals surface area contributed by atoms with Gasteiger partial charge in [-0.1, -0.05) is 47.7 Å². The molecule has 90 valence electrons. The third kappa shape index (κ3) is 2.00. The van der Waals surface area contributed by atoms with Crippen molar-refractivity contribution in [2.75, 3.05) is 0 Å². The Bertz CT molecular complexity index is 688. The SMILES string of the molecule is CC(N)c1nnc(-c2ccc3ccccc3c2)s1. The highest BCUT2D eigenvalue weighted by atomic mass is 32.1. The zero-order valence-electron chi connectivity index (χ0n) is 10.00. The molecule has 1 heterocycles. The van der Waals surface area contributed by atoms with Gasteiger partial charge >= 0.3 is 0 Å². The van der Waals surface area contributed by atoms with Gasteiger partial charge in [0.2, 0.25) is 0 Å². The first kappa shape index (κ1) is 11.3. The van der Waals surface area contributed by atoms with Gasteiger partial charge in [-0.05, 0) is 23.8 Å². The third-order valence-electron chi connectivity index (χ3n) is 2.83. The van der Waals surface area contributed by atoms with E-state index in [0.29, 0.717) is 0 Å². The zero-order valence-corrected chi connectivity index (χ0v) is 10.8. The highest BCUT2D eigenvalue weighted by Crippen LogP contribution is 2.28. The number of hydrogen-bond donors (Lipinski definition) is 1. The Morgan fingerprint density at radius 3 is 2.56 bits per heavy atom. The quantitative estimate of drug-likeness (QED) is 0.763. The first-order valence-corrected chi connectivity index (χ1v) is 6.64. The van der Waals surface area contributed by atoms with Crippen LogP contribution in [0.1, 0.15) is 18.0 Å². The van der Waals surface area contributed by atoms with Gasteiger partial charge in [0.1, 0.15) is 10.0 Å². The van der Waals surface area contributed by atoms with E-state index < -0.39 is 0 Å². The van der Waals surface area contributed by atoms with Crippen molar-refractivity contribution in [2.24, 2.45) is 5.73 Å². The van der Waals surface area contributed by atoms with E-state index in [1.807, 2.05) is 19.1 Å². The molecule has 3 rings (SSSR count). The molecule has 0 fully saturated rings. The molecule has 0 aliphatic carbocycles. The van der Waals surface area contributed by atoms with Crippen molar-refractivity contribution in [3.05, 3.63) is 47.5 Å². The first-order valence-electron chi connectivity index (χ1n) is 5.82. The van der Waals surface area contributed by atoms with E-state index in [1.54, 1.807) is 11.3 Å². The Kier molecular flexibility index (Phi) is 2.81. The molecule has 4 heteroatoms. The van der Waals surface area contributed by atoms with Crippen LogP contribution in [-0.4, -0.2) is 10.2 Å². The molecular formula is C14H13N3S. The monoisotopic (exact) mass is 255 g/mol. The lowest BCUT2D eigenvalue weighted by molar-refractivity contribution is 0.786. The Morgan fingerprint density at radius 2 is 1.83 bits per heavy atom. The minimum absolute atomic E-state index is 0.0586. The van der Waals surface area contributed by atoms with Crippen molar-refractivity contribution in [3.63, 3.8) is 0 Å². The van der Waals surface area contributed by atoms with Crippen LogP contribution in [0.4, 0.5) is 0 Å². The molecule has 1 atom stereocenters. The second-order valence-corrected chi connectivity index (χ2v) is 5.31. The van der Waals surface area contributed by atoms with E-state index in [2.05, 4.69) is 40.5 Å². The molecule has 0 spiro atoms. The maximum Gasteiger partial charge on any atom is 0.147 e. The van der Waals surface area contributed by atoms with Crippen LogP contribution in [-0.2, 0) is 0 Å². The largest absolute Gasteiger partial charge is 0.322 e. The topological polar surface area (TPSA) is 51.8 Å². The average Bonchev–Trinajstić information content (AvgIpc) is 2.88. The maximum atomic E-state index is 5.80. The lowest BCUT2D eigenvalue weighted by atomic mass is 10.1. The number of aromatic nitrogens is 2. The van der Waals surface area contributed by atoms with Gasteiger partial charge in [0.05, 0.1) is 6.04 Å². The van der Waals surface area contributed by atoms with Crippen molar-refractivity contribution in [3.8, 4) is 10.6 Å². The molecule has 0 aliphatic heterocycles. The van der Waals surface area contributed by atoms with Crippen LogP contribution in [0.3, 0.4) is 0 Å². The fraction of sp³-hybridized carbons (Fsp3) is 0.143. The standard InChI is InChI=1S/C14H13N3S/c1-9(15)13-16-17-14(18-13)12-7-6-10-4-2-3-5-11(10)8-12/h2-9H,15H2,1H3. The van der Waals surface area contributed by atoms with E-state index in [1.165, 1.54) is 10.8 Å². The van der Waals surface area contributed by atoms with Gasteiger partial charge in [-0.2, -0.15) is 0 Å². The zero-order chi connectivity index (χ0) is 12.5. The second-order valence-electron chi connectivity index (χ2n) is 4.30. The van der Waals surface area contributed by atoms with Gasteiger partial charge < -0.3 is 5.73 Å². The number of benzene rings is 2. The molecule has 0 aliphatic rings. The van der Waals surface area contributed by atoms with Crippen molar-refractivity contribution in [1.29, 1.82) is 0 Å². The van der Waals surface area contributed by atoms with Gasteiger partial charge in [-0.25, -0.2) is 0 Å². The summed E-state index contributed by atoms with van der Waals surface area (Å²) in [5.74, 6) is 0. The van der Waals surface area contributed by atoms with Crippen LogP contribution in [0, 0.1) is 0 Å². The molecule has 0 bridgehead atoms. The predicted octanol–water partition coefficient (Wildman–Crippen LogP) is 3.38. The average molecular weight is 255 g/mol. The van der Waals surface area contributed by atoms with Crippen molar-refractivity contribution in [2.45, 2.75) is 13.0 Å². The molecule has 3 aromatic rings. The lowest BCUT2D eigenvalue weighted by Gasteiger charge is -2.00. The van der Waals surface area contributed by atoms with Crippen LogP contribution >= 0.6 is 11.3 Å². The third-order valence-corrected chi connectivity index (χ3v) is 4.00. The van der Waals surface area contributed by atoms with E-state index in [0.717, 1.165) is 15.6 Å². The number of fused-ring (bicyclic) bond motifs is 1. The van der Waals surface area contributed by atoms with Gasteiger partial charge in [-0.3, -0.25) is 0 Å². The smallest absolute Gasteiger partial charge is 0.147 e. The summed E-state index contributed by atoms with van der Waals surface area (Å²) in [6.07, 6.45) is 0. The summed E-state index contributed by atoms with van der Waals surface area (Å²) in [7, 11) is 0. The second kappa shape index (κ2) is 4.48. The number of nitrogens with two attached hydrogens (primary N) is 1. The molecule has 0 saturated heterocycles. The summed E-state index contributed by atoms with van der Waals surface area (Å²) < 4.78 is 0. The Hall–Kier alpha value is -1.78. The summed E-state index contributed by atoms with van der Waals surface area (Å²) >= 11 is 1.56. The molecule has 2 aromatic carbocycles. The van der Waals surface area contributed by atoms with Crippen LogP contribution in [0.2, 0.25) is 0 Å². The summed E-state index contributed by atoms with van der Waals surface area (Å²) in [4.78, 5) is 0. The fourth-order valence-corrected chi connectivity index (χ4v) is 2.65. The number of hydrogen-bond acceptors (Lipinski definition) is 4. The van der Waals surface area contributed by atoms with Crippen molar-refractivity contribution < 1.29 is 0 Å². The van der Waals surface area contributed by atoms with Gasteiger partial charge in [-0.15, -0.1) is 10.2 Å². The summed E-state index contributed by atoms with van der Waals surface area (Å²) in [5.41, 5.74) is 6.90. The molecule has 1 unspecified atom stereocenters. The predicted molar refractivity (Wildman–Crippen MR) is 75.5 cm³/mol. The molecule has 1 aromatic heterocycles. The Balaban J connectivity index is 2.07. The molecule has 0 radical (unpaired) electrons. The minimum Gasteiger partial charge on any atom is -0.322 e. The molecule has 18 heavy (non-hydrogen) atoms. The summed E-state index contributed by atoms with van der Waals surface area (Å²) in [5, 5.41) is 12.6. The molecular weight excluding hydrogens is 242 g/mol. The normalized spacial score (nSPS) is 12.8. The fourth-order valence-electron chi connectivity index (χ4n) is 1.86. The van der Waals surface area contributed by atoms with Gasteiger partial charge in [0, 0.05) is 5.56 Å². The maximum absolute atomic E-state index is 5.80. The Morgan fingerprint density at radius 1 is 1.06 bits per heavy atom. The van der Waals surface area contributed by atoms with E-state index in [-0.39, 0.29) is 6.04 Å². The van der Waals surface area contributed by atoms with Gasteiger partial charge in [0.15, 0.2) is 0 Å².